The second-order valence-corrected chi connectivity index (χ2v) is 9.71. The lowest BCUT2D eigenvalue weighted by Crippen LogP contribution is -2.47. The summed E-state index contributed by atoms with van der Waals surface area (Å²) in [6.07, 6.45) is 0.941. The van der Waals surface area contributed by atoms with Gasteiger partial charge in [-0.15, -0.1) is 0 Å². The van der Waals surface area contributed by atoms with Gasteiger partial charge in [0.25, 0.3) is 5.91 Å². The Bertz CT molecular complexity index is 1280. The van der Waals surface area contributed by atoms with Crippen molar-refractivity contribution in [2.24, 2.45) is 5.92 Å². The molecule has 3 atom stereocenters. The molecule has 3 heterocycles. The van der Waals surface area contributed by atoms with Crippen molar-refractivity contribution in [3.63, 3.8) is 0 Å². The summed E-state index contributed by atoms with van der Waals surface area (Å²) in [6.45, 7) is 4.01. The Balaban J connectivity index is 1.66. The predicted octanol–water partition coefficient (Wildman–Crippen LogP) is 3.90. The maximum Gasteiger partial charge on any atom is 0.329 e. The Morgan fingerprint density at radius 3 is 2.59 bits per heavy atom. The molecule has 0 radical (unpaired) electrons. The molecule has 0 spiro atoms. The van der Waals surface area contributed by atoms with Gasteiger partial charge in [-0.3, -0.25) is 9.69 Å². The third-order valence-corrected chi connectivity index (χ3v) is 7.18. The first-order chi connectivity index (χ1) is 16.3. The summed E-state index contributed by atoms with van der Waals surface area (Å²) in [7, 11) is 1.34. The number of hydrogen-bond donors (Lipinski definition) is 2. The number of phenols is 1. The lowest BCUT2D eigenvalue weighted by Gasteiger charge is -2.37. The highest BCUT2D eigenvalue weighted by atomic mass is 32.1. The van der Waals surface area contributed by atoms with Gasteiger partial charge in [0.05, 0.1) is 13.2 Å². The predicted molar refractivity (Wildman–Crippen MR) is 132 cm³/mol. The summed E-state index contributed by atoms with van der Waals surface area (Å²) in [4.78, 5) is 33.5. The maximum atomic E-state index is 13.8. The third-order valence-electron chi connectivity index (χ3n) is 6.77. The van der Waals surface area contributed by atoms with E-state index in [2.05, 4.69) is 11.1 Å². The number of para-hydroxylation sites is 1. The molecule has 0 unspecified atom stereocenters. The van der Waals surface area contributed by atoms with Gasteiger partial charge in [-0.1, -0.05) is 44.2 Å². The Morgan fingerprint density at radius 1 is 1.21 bits per heavy atom. The minimum Gasteiger partial charge on any atom is -0.508 e. The second-order valence-electron chi connectivity index (χ2n) is 9.34. The molecule has 8 heteroatoms. The average molecular weight is 478 g/mol. The molecule has 1 aromatic heterocycles. The molecule has 176 valence electrons. The van der Waals surface area contributed by atoms with Gasteiger partial charge >= 0.3 is 5.97 Å². The van der Waals surface area contributed by atoms with Gasteiger partial charge in [-0.25, -0.2) is 4.79 Å². The molecule has 34 heavy (non-hydrogen) atoms. The standard InChI is InChI=1S/C26H27N3O4S/c1-14(2)12-21(25(32)33-3)29-24(31)20-13-18-17-6-4-5-7-19(17)27-22(18)23(28(20)26(29)34)15-8-10-16(30)11-9-15/h4-11,14,20-21,23,27,30H,12-13H2,1-3H3/t20-,21-,23+/m0/s1. The number of hydrogen-bond acceptors (Lipinski definition) is 5. The molecule has 0 bridgehead atoms. The van der Waals surface area contributed by atoms with Crippen molar-refractivity contribution < 1.29 is 19.4 Å². The van der Waals surface area contributed by atoms with Crippen molar-refractivity contribution in [3.8, 4) is 5.75 Å². The van der Waals surface area contributed by atoms with Gasteiger partial charge in [0.1, 0.15) is 17.8 Å². The van der Waals surface area contributed by atoms with Gasteiger partial charge < -0.3 is 19.7 Å². The Labute approximate surface area is 203 Å². The fourth-order valence-electron chi connectivity index (χ4n) is 5.27. The first kappa shape index (κ1) is 22.4. The molecule has 5 rings (SSSR count). The first-order valence-electron chi connectivity index (χ1n) is 11.4. The molecule has 1 saturated heterocycles. The normalized spacial score (nSPS) is 20.6. The number of aromatic nitrogens is 1. The van der Waals surface area contributed by atoms with Crippen LogP contribution in [0.4, 0.5) is 0 Å². The summed E-state index contributed by atoms with van der Waals surface area (Å²) < 4.78 is 5.06. The molecule has 2 aliphatic rings. The van der Waals surface area contributed by atoms with Crippen LogP contribution in [0.3, 0.4) is 0 Å². The van der Waals surface area contributed by atoms with E-state index in [1.165, 1.54) is 12.0 Å². The zero-order valence-corrected chi connectivity index (χ0v) is 20.1. The number of nitrogens with one attached hydrogen (secondary N) is 1. The number of benzene rings is 2. The Hall–Kier alpha value is -3.39. The van der Waals surface area contributed by atoms with Crippen LogP contribution in [0.15, 0.2) is 48.5 Å². The monoisotopic (exact) mass is 477 g/mol. The average Bonchev–Trinajstić information content (AvgIpc) is 3.31. The van der Waals surface area contributed by atoms with E-state index in [1.807, 2.05) is 49.1 Å². The smallest absolute Gasteiger partial charge is 0.329 e. The highest BCUT2D eigenvalue weighted by Crippen LogP contribution is 2.45. The highest BCUT2D eigenvalue weighted by Gasteiger charge is 2.53. The van der Waals surface area contributed by atoms with Gasteiger partial charge in [-0.05, 0) is 53.9 Å². The fraction of sp³-hybridized carbons (Fsp3) is 0.346. The van der Waals surface area contributed by atoms with Crippen molar-refractivity contribution >= 4 is 40.1 Å². The molecule has 7 nitrogen and oxygen atoms in total. The molecular formula is C26H27N3O4S. The van der Waals surface area contributed by atoms with Crippen LogP contribution < -0.4 is 0 Å². The summed E-state index contributed by atoms with van der Waals surface area (Å²) in [5, 5.41) is 11.3. The number of ether oxygens (including phenoxy) is 1. The van der Waals surface area contributed by atoms with Crippen LogP contribution in [0.1, 0.15) is 43.1 Å². The van der Waals surface area contributed by atoms with Crippen LogP contribution in [0.25, 0.3) is 10.9 Å². The highest BCUT2D eigenvalue weighted by molar-refractivity contribution is 7.80. The Morgan fingerprint density at radius 2 is 1.91 bits per heavy atom. The zero-order chi connectivity index (χ0) is 24.1. The van der Waals surface area contributed by atoms with Crippen LogP contribution in [-0.2, 0) is 20.7 Å². The van der Waals surface area contributed by atoms with Crippen LogP contribution in [-0.4, -0.2) is 56.1 Å². The topological polar surface area (TPSA) is 85.9 Å². The number of carbonyl (C=O) groups is 2. The minimum absolute atomic E-state index is 0.164. The number of fused-ring (bicyclic) bond motifs is 4. The van der Waals surface area contributed by atoms with Crippen LogP contribution in [0, 0.1) is 5.92 Å². The summed E-state index contributed by atoms with van der Waals surface area (Å²) in [6, 6.07) is 13.3. The van der Waals surface area contributed by atoms with E-state index in [9.17, 15) is 14.7 Å². The van der Waals surface area contributed by atoms with Gasteiger partial charge in [0.2, 0.25) is 0 Å². The van der Waals surface area contributed by atoms with E-state index < -0.39 is 18.1 Å². The van der Waals surface area contributed by atoms with E-state index >= 15 is 0 Å². The number of carbonyl (C=O) groups excluding carboxylic acids is 2. The van der Waals surface area contributed by atoms with Crippen molar-refractivity contribution in [1.29, 1.82) is 0 Å². The second kappa shape index (κ2) is 8.43. The molecule has 0 saturated carbocycles. The van der Waals surface area contributed by atoms with Crippen LogP contribution in [0.5, 0.6) is 5.75 Å². The van der Waals surface area contributed by atoms with E-state index in [-0.39, 0.29) is 23.6 Å². The SMILES string of the molecule is COC(=O)[C@H](CC(C)C)N1C(=O)[C@@H]2Cc3c([nH]c4ccccc34)[C@@H](c3ccc(O)cc3)N2C1=S. The van der Waals surface area contributed by atoms with E-state index in [0.717, 1.165) is 27.7 Å². The number of esters is 1. The molecule has 2 N–H and O–H groups in total. The van der Waals surface area contributed by atoms with Crippen molar-refractivity contribution in [2.75, 3.05) is 7.11 Å². The van der Waals surface area contributed by atoms with E-state index in [1.54, 1.807) is 12.1 Å². The number of nitrogens with zero attached hydrogens (tertiary/aromatic N) is 2. The van der Waals surface area contributed by atoms with E-state index in [4.69, 9.17) is 17.0 Å². The molecular weight excluding hydrogens is 450 g/mol. The molecule has 2 aliphatic heterocycles. The first-order valence-corrected chi connectivity index (χ1v) is 11.8. The number of amides is 1. The summed E-state index contributed by atoms with van der Waals surface area (Å²) >= 11 is 5.88. The number of rotatable bonds is 5. The number of methoxy groups -OCH3 is 1. The lowest BCUT2D eigenvalue weighted by molar-refractivity contribution is -0.149. The maximum absolute atomic E-state index is 13.8. The van der Waals surface area contributed by atoms with E-state index in [0.29, 0.717) is 18.0 Å². The lowest BCUT2D eigenvalue weighted by atomic mass is 9.89. The fourth-order valence-corrected chi connectivity index (χ4v) is 5.72. The number of aromatic amines is 1. The molecule has 2 aromatic carbocycles. The van der Waals surface area contributed by atoms with Gasteiger partial charge in [-0.2, -0.15) is 0 Å². The van der Waals surface area contributed by atoms with Crippen molar-refractivity contribution in [3.05, 3.63) is 65.4 Å². The number of H-pyrrole nitrogens is 1. The van der Waals surface area contributed by atoms with Gasteiger partial charge in [0.15, 0.2) is 5.11 Å². The summed E-state index contributed by atoms with van der Waals surface area (Å²) in [5.41, 5.74) is 3.94. The van der Waals surface area contributed by atoms with Gasteiger partial charge in [0, 0.05) is 23.0 Å². The molecule has 0 aliphatic carbocycles. The molecule has 1 amide bonds. The van der Waals surface area contributed by atoms with Crippen molar-refractivity contribution in [2.45, 2.75) is 44.8 Å². The van der Waals surface area contributed by atoms with Crippen LogP contribution >= 0.6 is 12.2 Å². The zero-order valence-electron chi connectivity index (χ0n) is 19.3. The quantitative estimate of drug-likeness (QED) is 0.428. The number of phenolic OH excluding ortho intramolecular Hbond substituents is 1. The largest absolute Gasteiger partial charge is 0.508 e. The minimum atomic E-state index is -0.772. The Kier molecular flexibility index (Phi) is 5.56. The van der Waals surface area contributed by atoms with Crippen LogP contribution in [0.2, 0.25) is 0 Å². The number of aromatic hydroxyl groups is 1. The molecule has 3 aromatic rings. The third kappa shape index (κ3) is 3.44. The summed E-state index contributed by atoms with van der Waals surface area (Å²) in [5.74, 6) is -0.311. The van der Waals surface area contributed by atoms with Crippen molar-refractivity contribution in [1.82, 2.24) is 14.8 Å². The number of thiocarbonyl (C=S) groups is 1. The molecule has 1 fully saturated rings.